The van der Waals surface area contributed by atoms with Crippen LogP contribution < -0.4 is 13.9 Å². The number of ether oxygens (including phenoxy) is 1. The maximum Gasteiger partial charge on any atom is 0.416 e. The Hall–Kier alpha value is -4.22. The van der Waals surface area contributed by atoms with Crippen LogP contribution in [0.5, 0.6) is 5.75 Å². The Labute approximate surface area is 265 Å². The van der Waals surface area contributed by atoms with Gasteiger partial charge in [-0.05, 0) is 79.2 Å². The maximum atomic E-state index is 13.7. The number of rotatable bonds is 9. The van der Waals surface area contributed by atoms with Crippen LogP contribution in [0.25, 0.3) is 0 Å². The topological polar surface area (TPSA) is 70.2 Å². The molecule has 0 aliphatic carbocycles. The minimum Gasteiger partial charge on any atom is -0.484 e. The van der Waals surface area contributed by atoms with Crippen molar-refractivity contribution >= 4 is 38.9 Å². The minimum absolute atomic E-state index is 0.0680. The predicted molar refractivity (Wildman–Crippen MR) is 168 cm³/mol. The van der Waals surface area contributed by atoms with Crippen molar-refractivity contribution < 1.29 is 31.1 Å². The van der Waals surface area contributed by atoms with Gasteiger partial charge in [-0.1, -0.05) is 47.5 Å². The molecule has 7 nitrogen and oxygen atoms in total. The number of piperazine rings is 1. The second-order valence-electron chi connectivity index (χ2n) is 10.6. The first kappa shape index (κ1) is 32.2. The lowest BCUT2D eigenvalue weighted by Crippen LogP contribution is -2.50. The van der Waals surface area contributed by atoms with Crippen LogP contribution in [0.2, 0.25) is 5.02 Å². The van der Waals surface area contributed by atoms with Gasteiger partial charge in [0, 0.05) is 36.9 Å². The molecule has 0 atom stereocenters. The summed E-state index contributed by atoms with van der Waals surface area (Å²) in [7, 11) is -3.93. The number of halogens is 4. The fraction of sp³-hybridized carbons (Fsp3) is 0.242. The zero-order valence-electron chi connectivity index (χ0n) is 24.4. The molecule has 5 rings (SSSR count). The Kier molecular flexibility index (Phi) is 9.59. The molecule has 1 fully saturated rings. The van der Waals surface area contributed by atoms with Crippen LogP contribution in [-0.2, 0) is 27.5 Å². The highest BCUT2D eigenvalue weighted by atomic mass is 35.5. The lowest BCUT2D eigenvalue weighted by atomic mass is 10.1. The number of nitrogens with zero attached hydrogens (tertiary/aromatic N) is 3. The molecule has 1 aliphatic heterocycles. The molecule has 45 heavy (non-hydrogen) atoms. The van der Waals surface area contributed by atoms with Crippen molar-refractivity contribution in [3.8, 4) is 5.75 Å². The van der Waals surface area contributed by atoms with Crippen molar-refractivity contribution in [3.05, 3.63) is 119 Å². The van der Waals surface area contributed by atoms with Crippen molar-refractivity contribution in [3.63, 3.8) is 0 Å². The number of hydrogen-bond donors (Lipinski definition) is 0. The Balaban J connectivity index is 1.22. The third-order valence-corrected chi connectivity index (χ3v) is 9.55. The van der Waals surface area contributed by atoms with Crippen molar-refractivity contribution in [1.29, 1.82) is 0 Å². The van der Waals surface area contributed by atoms with Gasteiger partial charge >= 0.3 is 6.18 Å². The molecule has 0 unspecified atom stereocenters. The number of benzene rings is 4. The normalized spacial score (nSPS) is 13.9. The van der Waals surface area contributed by atoms with E-state index in [-0.39, 0.29) is 24.0 Å². The first-order valence-corrected chi connectivity index (χ1v) is 16.0. The van der Waals surface area contributed by atoms with E-state index >= 15 is 0 Å². The van der Waals surface area contributed by atoms with E-state index in [1.807, 2.05) is 11.8 Å². The molecule has 1 saturated heterocycles. The van der Waals surface area contributed by atoms with E-state index in [0.717, 1.165) is 23.3 Å². The fourth-order valence-electron chi connectivity index (χ4n) is 4.95. The molecule has 4 aromatic rings. The molecular formula is C33H31ClF3N3O4S. The summed E-state index contributed by atoms with van der Waals surface area (Å²) in [5.74, 6) is 0.128. The number of carbonyl (C=O) groups is 1. The summed E-state index contributed by atoms with van der Waals surface area (Å²) in [5.41, 5.74) is 1.84. The Morgan fingerprint density at radius 3 is 2.16 bits per heavy atom. The van der Waals surface area contributed by atoms with Crippen molar-refractivity contribution in [2.75, 3.05) is 42.0 Å². The molecule has 1 amide bonds. The number of carbonyl (C=O) groups excluding carboxylic acids is 1. The Morgan fingerprint density at radius 2 is 1.53 bits per heavy atom. The lowest BCUT2D eigenvalue weighted by Gasteiger charge is -2.36. The average molecular weight is 658 g/mol. The van der Waals surface area contributed by atoms with Crippen molar-refractivity contribution in [1.82, 2.24) is 4.90 Å². The van der Waals surface area contributed by atoms with E-state index in [4.69, 9.17) is 16.3 Å². The summed E-state index contributed by atoms with van der Waals surface area (Å²) in [5, 5.41) is 0.542. The smallest absolute Gasteiger partial charge is 0.416 e. The first-order chi connectivity index (χ1) is 21.4. The minimum atomic E-state index is -4.42. The molecule has 1 aliphatic rings. The van der Waals surface area contributed by atoms with Gasteiger partial charge in [0.05, 0.1) is 22.7 Å². The molecule has 0 aromatic heterocycles. The number of alkyl halides is 3. The van der Waals surface area contributed by atoms with E-state index in [0.29, 0.717) is 48.3 Å². The van der Waals surface area contributed by atoms with Gasteiger partial charge in [0.25, 0.3) is 15.9 Å². The van der Waals surface area contributed by atoms with Crippen LogP contribution in [0.4, 0.5) is 24.5 Å². The number of amides is 1. The van der Waals surface area contributed by atoms with Crippen LogP contribution in [-0.4, -0.2) is 52.0 Å². The molecule has 4 aromatic carbocycles. The zero-order valence-corrected chi connectivity index (χ0v) is 25.9. The lowest BCUT2D eigenvalue weighted by molar-refractivity contribution is -0.137. The van der Waals surface area contributed by atoms with Gasteiger partial charge in [-0.3, -0.25) is 9.10 Å². The highest BCUT2D eigenvalue weighted by Crippen LogP contribution is 2.32. The summed E-state index contributed by atoms with van der Waals surface area (Å²) >= 11 is 6.03. The van der Waals surface area contributed by atoms with Crippen LogP contribution in [0.3, 0.4) is 0 Å². The van der Waals surface area contributed by atoms with Crippen LogP contribution >= 0.6 is 11.6 Å². The highest BCUT2D eigenvalue weighted by Gasteiger charge is 2.31. The molecule has 0 bridgehead atoms. The fourth-order valence-corrected chi connectivity index (χ4v) is 6.52. The summed E-state index contributed by atoms with van der Waals surface area (Å²) in [6.45, 7) is 3.17. The summed E-state index contributed by atoms with van der Waals surface area (Å²) in [6.07, 6.45) is -4.42. The predicted octanol–water partition coefficient (Wildman–Crippen LogP) is 6.79. The monoisotopic (exact) mass is 657 g/mol. The van der Waals surface area contributed by atoms with Gasteiger partial charge in [-0.15, -0.1) is 0 Å². The van der Waals surface area contributed by atoms with E-state index in [9.17, 15) is 26.4 Å². The van der Waals surface area contributed by atoms with E-state index < -0.39 is 21.8 Å². The first-order valence-electron chi connectivity index (χ1n) is 14.2. The van der Waals surface area contributed by atoms with Crippen molar-refractivity contribution in [2.45, 2.75) is 24.5 Å². The van der Waals surface area contributed by atoms with Gasteiger partial charge in [-0.2, -0.15) is 13.2 Å². The molecule has 0 radical (unpaired) electrons. The van der Waals surface area contributed by atoms with Crippen LogP contribution in [0.1, 0.15) is 16.7 Å². The van der Waals surface area contributed by atoms with Gasteiger partial charge < -0.3 is 14.5 Å². The molecule has 0 saturated carbocycles. The quantitative estimate of drug-likeness (QED) is 0.198. The van der Waals surface area contributed by atoms with Crippen molar-refractivity contribution in [2.24, 2.45) is 0 Å². The SMILES string of the molecule is Cc1ccc(S(=O)(=O)N(Cc2ccc(Cl)cc2)c2ccc(OCC(=O)N3CCN(c4cccc(C(F)(F)F)c4)CC3)cc2)cc1. The standard InChI is InChI=1S/C33H31ClF3N3O4S/c1-24-5-15-31(16-6-24)45(42,43)40(22-25-7-9-27(34)10-8-25)28-11-13-30(14-12-28)44-23-32(41)39-19-17-38(18-20-39)29-4-2-3-26(21-29)33(35,36)37/h2-16,21H,17-20,22-23H2,1H3. The largest absolute Gasteiger partial charge is 0.484 e. The molecule has 0 N–H and O–H groups in total. The van der Waals surface area contributed by atoms with E-state index in [1.165, 1.54) is 10.4 Å². The number of sulfonamides is 1. The Morgan fingerprint density at radius 1 is 0.889 bits per heavy atom. The zero-order chi connectivity index (χ0) is 32.2. The number of hydrogen-bond acceptors (Lipinski definition) is 5. The second-order valence-corrected chi connectivity index (χ2v) is 12.9. The van der Waals surface area contributed by atoms with Gasteiger partial charge in [0.2, 0.25) is 0 Å². The molecule has 0 spiro atoms. The van der Waals surface area contributed by atoms with E-state index in [2.05, 4.69) is 0 Å². The summed E-state index contributed by atoms with van der Waals surface area (Å²) in [6, 6.07) is 25.2. The van der Waals surface area contributed by atoms with E-state index in [1.54, 1.807) is 83.8 Å². The molecular weight excluding hydrogens is 627 g/mol. The van der Waals surface area contributed by atoms with Gasteiger partial charge in [0.1, 0.15) is 5.75 Å². The van der Waals surface area contributed by atoms with Crippen LogP contribution in [0, 0.1) is 6.92 Å². The second kappa shape index (κ2) is 13.4. The van der Waals surface area contributed by atoms with Gasteiger partial charge in [-0.25, -0.2) is 8.42 Å². The average Bonchev–Trinajstić information content (AvgIpc) is 3.03. The summed E-state index contributed by atoms with van der Waals surface area (Å²) in [4.78, 5) is 16.4. The number of aryl methyl sites for hydroxylation is 1. The Bertz CT molecular complexity index is 1730. The van der Waals surface area contributed by atoms with Crippen LogP contribution in [0.15, 0.2) is 102 Å². The number of anilines is 2. The third kappa shape index (κ3) is 7.90. The van der Waals surface area contributed by atoms with Gasteiger partial charge in [0.15, 0.2) is 6.61 Å². The molecule has 12 heteroatoms. The molecule has 1 heterocycles. The maximum absolute atomic E-state index is 13.7. The summed E-state index contributed by atoms with van der Waals surface area (Å²) < 4.78 is 73.8. The molecule has 236 valence electrons. The highest BCUT2D eigenvalue weighted by molar-refractivity contribution is 7.92. The third-order valence-electron chi connectivity index (χ3n) is 7.51.